The van der Waals surface area contributed by atoms with Crippen LogP contribution in [0.25, 0.3) is 0 Å². The van der Waals surface area contributed by atoms with E-state index in [0.29, 0.717) is 12.8 Å². The molecule has 3 heterocycles. The number of hydrogen-bond acceptors (Lipinski definition) is 18. The molecule has 0 aliphatic carbocycles. The second-order valence-electron chi connectivity index (χ2n) is 21.1. The molecule has 0 radical (unpaired) electrons. The van der Waals surface area contributed by atoms with Gasteiger partial charge in [0.1, 0.15) is 73.2 Å². The van der Waals surface area contributed by atoms with Gasteiger partial charge in [0.25, 0.3) is 0 Å². The topological polar surface area (TPSA) is 307 Å². The second-order valence-corrected chi connectivity index (χ2v) is 21.1. The van der Waals surface area contributed by atoms with Crippen molar-refractivity contribution >= 4 is 5.91 Å². The number of aliphatic hydroxyl groups excluding tert-OH is 11. The SMILES string of the molecule is CCCC/C=C\CCCCCCCC(=O)NC(COC1OC(CO)C(OC2OC(CO)C(OC3OC(CO)C(O)C(O)C3O)C(O)C2O)C(O)C1O)C(O)CCCCCCCCCCCCCCCCCCCC. The Labute approximate surface area is 442 Å². The molecule has 1 amide bonds. The Kier molecular flexibility index (Phi) is 35.9. The van der Waals surface area contributed by atoms with E-state index in [-0.39, 0.29) is 18.9 Å². The summed E-state index contributed by atoms with van der Waals surface area (Å²) >= 11 is 0. The fourth-order valence-electron chi connectivity index (χ4n) is 10.00. The van der Waals surface area contributed by atoms with Gasteiger partial charge >= 0.3 is 0 Å². The Hall–Kier alpha value is -1.47. The van der Waals surface area contributed by atoms with Gasteiger partial charge in [-0.3, -0.25) is 4.79 Å². The van der Waals surface area contributed by atoms with Crippen molar-refractivity contribution in [2.45, 2.75) is 304 Å². The number of carbonyl (C=O) groups is 1. The molecule has 0 aromatic heterocycles. The predicted octanol–water partition coefficient (Wildman–Crippen LogP) is 4.21. The maximum Gasteiger partial charge on any atom is 0.220 e. The van der Waals surface area contributed by atoms with Gasteiger partial charge in [-0.1, -0.05) is 174 Å². The highest BCUT2D eigenvalue weighted by atomic mass is 16.8. The summed E-state index contributed by atoms with van der Waals surface area (Å²) in [4.78, 5) is 13.3. The van der Waals surface area contributed by atoms with Crippen molar-refractivity contribution in [1.82, 2.24) is 5.32 Å². The molecule has 17 unspecified atom stereocenters. The van der Waals surface area contributed by atoms with Crippen molar-refractivity contribution in [1.29, 1.82) is 0 Å². The van der Waals surface area contributed by atoms with Crippen LogP contribution in [0.3, 0.4) is 0 Å². The Morgan fingerprint density at radius 3 is 1.35 bits per heavy atom. The average molecular weight is 1070 g/mol. The number of carbonyl (C=O) groups excluding carboxylic acids is 1. The first-order chi connectivity index (χ1) is 35.8. The molecule has 0 spiro atoms. The van der Waals surface area contributed by atoms with E-state index in [1.54, 1.807) is 0 Å². The van der Waals surface area contributed by atoms with Crippen LogP contribution in [0.5, 0.6) is 0 Å². The molecular weight excluding hydrogens is 963 g/mol. The second kappa shape index (κ2) is 39.8. The van der Waals surface area contributed by atoms with Crippen molar-refractivity contribution in [2.24, 2.45) is 0 Å². The Morgan fingerprint density at radius 1 is 0.473 bits per heavy atom. The van der Waals surface area contributed by atoms with Crippen LogP contribution in [-0.2, 0) is 33.2 Å². The van der Waals surface area contributed by atoms with Gasteiger partial charge in [-0.25, -0.2) is 0 Å². The van der Waals surface area contributed by atoms with Crippen molar-refractivity contribution in [3.63, 3.8) is 0 Å². The van der Waals surface area contributed by atoms with Crippen LogP contribution in [0, 0.1) is 0 Å². The number of amides is 1. The van der Waals surface area contributed by atoms with Crippen LogP contribution in [0.4, 0.5) is 0 Å². The number of aliphatic hydroxyl groups is 11. The van der Waals surface area contributed by atoms with Crippen LogP contribution in [0.15, 0.2) is 12.2 Å². The summed E-state index contributed by atoms with van der Waals surface area (Å²) in [5, 5.41) is 120. The molecule has 19 heteroatoms. The first-order valence-electron chi connectivity index (χ1n) is 28.9. The lowest BCUT2D eigenvalue weighted by Gasteiger charge is -2.48. The molecule has 12 N–H and O–H groups in total. The van der Waals surface area contributed by atoms with E-state index < -0.39 is 124 Å². The molecule has 0 bridgehead atoms. The Morgan fingerprint density at radius 2 is 0.865 bits per heavy atom. The summed E-state index contributed by atoms with van der Waals surface area (Å²) in [6.07, 6.45) is 10.2. The standard InChI is InChI=1S/C55H103NO18/c1-3-5-7-9-11-13-15-16-17-18-19-20-21-23-24-26-28-30-32-39(60)38(56-43(61)33-31-29-27-25-22-14-12-10-8-6-4-2)37-69-53-49(67)46(64)51(41(35-58)71-53)74-55-50(68)47(65)52(42(36-59)72-55)73-54-48(66)45(63)44(62)40(34-57)70-54/h10,12,38-42,44-55,57-60,62-68H,3-9,11,13-37H2,1-2H3,(H,56,61)/b12-10-. The number of nitrogens with one attached hydrogen (secondary N) is 1. The molecule has 74 heavy (non-hydrogen) atoms. The average Bonchev–Trinajstić information content (AvgIpc) is 3.40. The normalized spacial score (nSPS) is 31.5. The minimum Gasteiger partial charge on any atom is -0.394 e. The van der Waals surface area contributed by atoms with Crippen LogP contribution in [0.1, 0.15) is 200 Å². The highest BCUT2D eigenvalue weighted by Gasteiger charge is 2.53. The molecule has 0 aromatic carbocycles. The molecule has 3 fully saturated rings. The zero-order valence-electron chi connectivity index (χ0n) is 45.1. The van der Waals surface area contributed by atoms with Gasteiger partial charge in [-0.15, -0.1) is 0 Å². The van der Waals surface area contributed by atoms with E-state index in [4.69, 9.17) is 28.4 Å². The van der Waals surface area contributed by atoms with Crippen molar-refractivity contribution in [3.8, 4) is 0 Å². The van der Waals surface area contributed by atoms with E-state index in [0.717, 1.165) is 64.2 Å². The number of allylic oxidation sites excluding steroid dienone is 2. The zero-order chi connectivity index (χ0) is 54.1. The van der Waals surface area contributed by atoms with Gasteiger partial charge in [0.2, 0.25) is 5.91 Å². The maximum absolute atomic E-state index is 13.3. The molecule has 17 atom stereocenters. The minimum atomic E-state index is -1.97. The van der Waals surface area contributed by atoms with Gasteiger partial charge in [-0.05, 0) is 32.1 Å². The molecule has 3 saturated heterocycles. The third-order valence-corrected chi connectivity index (χ3v) is 14.8. The number of unbranched alkanes of at least 4 members (excludes halogenated alkanes) is 24. The first-order valence-corrected chi connectivity index (χ1v) is 28.9. The smallest absolute Gasteiger partial charge is 0.220 e. The van der Waals surface area contributed by atoms with Gasteiger partial charge in [0, 0.05) is 6.42 Å². The molecule has 3 aliphatic rings. The number of ether oxygens (including phenoxy) is 6. The summed E-state index contributed by atoms with van der Waals surface area (Å²) in [7, 11) is 0. The fourth-order valence-corrected chi connectivity index (χ4v) is 10.00. The van der Waals surface area contributed by atoms with E-state index >= 15 is 0 Å². The Bertz CT molecular complexity index is 1410. The van der Waals surface area contributed by atoms with E-state index in [1.165, 1.54) is 103 Å². The molecule has 0 saturated carbocycles. The summed E-state index contributed by atoms with van der Waals surface area (Å²) < 4.78 is 34.2. The molecular formula is C55H103NO18. The van der Waals surface area contributed by atoms with Gasteiger partial charge < -0.3 is 89.9 Å². The third-order valence-electron chi connectivity index (χ3n) is 14.8. The quantitative estimate of drug-likeness (QED) is 0.0301. The third kappa shape index (κ3) is 24.3. The van der Waals surface area contributed by atoms with Crippen LogP contribution >= 0.6 is 0 Å². The highest BCUT2D eigenvalue weighted by Crippen LogP contribution is 2.33. The summed E-state index contributed by atoms with van der Waals surface area (Å²) in [6.45, 7) is 1.73. The lowest BCUT2D eigenvalue weighted by atomic mass is 9.96. The van der Waals surface area contributed by atoms with Crippen LogP contribution < -0.4 is 5.32 Å². The Balaban J connectivity index is 1.50. The van der Waals surface area contributed by atoms with E-state index in [9.17, 15) is 61.0 Å². The molecule has 19 nitrogen and oxygen atoms in total. The van der Waals surface area contributed by atoms with Gasteiger partial charge in [0.05, 0.1) is 38.6 Å². The zero-order valence-corrected chi connectivity index (χ0v) is 45.1. The first kappa shape index (κ1) is 66.8. The van der Waals surface area contributed by atoms with E-state index in [1.807, 2.05) is 0 Å². The molecule has 0 aromatic rings. The van der Waals surface area contributed by atoms with Crippen LogP contribution in [0.2, 0.25) is 0 Å². The summed E-state index contributed by atoms with van der Waals surface area (Å²) in [5.41, 5.74) is 0. The molecule has 3 rings (SSSR count). The summed E-state index contributed by atoms with van der Waals surface area (Å²) in [6, 6.07) is -0.886. The molecule has 436 valence electrons. The van der Waals surface area contributed by atoms with Gasteiger partial charge in [-0.2, -0.15) is 0 Å². The van der Waals surface area contributed by atoms with Gasteiger partial charge in [0.15, 0.2) is 18.9 Å². The van der Waals surface area contributed by atoms with Crippen LogP contribution in [-0.4, -0.2) is 193 Å². The van der Waals surface area contributed by atoms with Crippen molar-refractivity contribution in [2.75, 3.05) is 26.4 Å². The number of rotatable bonds is 42. The number of hydrogen-bond donors (Lipinski definition) is 12. The largest absolute Gasteiger partial charge is 0.394 e. The monoisotopic (exact) mass is 1070 g/mol. The minimum absolute atomic E-state index is 0.253. The predicted molar refractivity (Wildman–Crippen MR) is 277 cm³/mol. The lowest BCUT2D eigenvalue weighted by molar-refractivity contribution is -0.379. The van der Waals surface area contributed by atoms with Crippen molar-refractivity contribution in [3.05, 3.63) is 12.2 Å². The lowest BCUT2D eigenvalue weighted by Crippen LogP contribution is -2.66. The highest BCUT2D eigenvalue weighted by molar-refractivity contribution is 5.76. The van der Waals surface area contributed by atoms with E-state index in [2.05, 4.69) is 31.3 Å². The fraction of sp³-hybridized carbons (Fsp3) is 0.945. The van der Waals surface area contributed by atoms with Crippen molar-refractivity contribution < 1.29 is 89.4 Å². The maximum atomic E-state index is 13.3. The molecule has 3 aliphatic heterocycles. The summed E-state index contributed by atoms with van der Waals surface area (Å²) in [5.74, 6) is -0.253.